The first-order valence-corrected chi connectivity index (χ1v) is 13.2. The number of benzene rings is 2. The summed E-state index contributed by atoms with van der Waals surface area (Å²) in [6.07, 6.45) is 8.33. The van der Waals surface area contributed by atoms with Crippen LogP contribution in [0.4, 0.5) is 0 Å². The van der Waals surface area contributed by atoms with Crippen LogP contribution in [-0.2, 0) is 22.5 Å². The van der Waals surface area contributed by atoms with Crippen LogP contribution in [0.1, 0.15) is 63.0 Å². The first-order valence-electron chi connectivity index (χ1n) is 13.2. The van der Waals surface area contributed by atoms with Gasteiger partial charge in [0.2, 0.25) is 0 Å². The molecular weight excluding hydrogens is 420 g/mol. The summed E-state index contributed by atoms with van der Waals surface area (Å²) in [6.45, 7) is 5.32. The second-order valence-electron chi connectivity index (χ2n) is 10.2. The van der Waals surface area contributed by atoms with Crippen molar-refractivity contribution in [3.8, 4) is 0 Å². The van der Waals surface area contributed by atoms with E-state index >= 15 is 0 Å². The van der Waals surface area contributed by atoms with E-state index in [1.54, 1.807) is 0 Å². The lowest BCUT2D eigenvalue weighted by Crippen LogP contribution is -2.47. The molecule has 0 bridgehead atoms. The van der Waals surface area contributed by atoms with E-state index in [-0.39, 0.29) is 24.3 Å². The summed E-state index contributed by atoms with van der Waals surface area (Å²) in [4.78, 5) is 18.1. The van der Waals surface area contributed by atoms with E-state index in [4.69, 9.17) is 4.74 Å². The molecule has 2 aliphatic heterocycles. The molecular formula is C30H38N2O2. The molecule has 0 unspecified atom stereocenters. The number of rotatable bonds is 8. The lowest BCUT2D eigenvalue weighted by molar-refractivity contribution is -0.146. The van der Waals surface area contributed by atoms with Gasteiger partial charge in [0.25, 0.3) is 5.91 Å². The Balaban J connectivity index is 1.22. The third kappa shape index (κ3) is 5.29. The molecule has 2 atom stereocenters. The van der Waals surface area contributed by atoms with Crippen LogP contribution in [0.2, 0.25) is 0 Å². The van der Waals surface area contributed by atoms with Crippen molar-refractivity contribution in [1.29, 1.82) is 0 Å². The van der Waals surface area contributed by atoms with Crippen molar-refractivity contribution in [2.45, 2.75) is 83.2 Å². The minimum Gasteiger partial charge on any atom is -0.351 e. The molecule has 1 fully saturated rings. The molecule has 2 heterocycles. The maximum Gasteiger partial charge on any atom is 0.252 e. The number of carbonyl (C=O) groups excluding carboxylic acids is 1. The van der Waals surface area contributed by atoms with E-state index in [2.05, 4.69) is 77.4 Å². The monoisotopic (exact) mass is 458 g/mol. The van der Waals surface area contributed by atoms with E-state index in [1.165, 1.54) is 23.1 Å². The average Bonchev–Trinajstić information content (AvgIpc) is 3.16. The zero-order chi connectivity index (χ0) is 23.3. The van der Waals surface area contributed by atoms with Crippen LogP contribution in [0.15, 0.2) is 71.8 Å². The number of hydrogen-bond donors (Lipinski definition) is 0. The molecule has 2 aromatic carbocycles. The zero-order valence-corrected chi connectivity index (χ0v) is 20.5. The van der Waals surface area contributed by atoms with E-state index in [1.807, 2.05) is 0 Å². The van der Waals surface area contributed by atoms with Gasteiger partial charge in [-0.3, -0.25) is 9.69 Å². The summed E-state index contributed by atoms with van der Waals surface area (Å²) < 4.78 is 6.80. The third-order valence-corrected chi connectivity index (χ3v) is 7.83. The third-order valence-electron chi connectivity index (χ3n) is 7.83. The van der Waals surface area contributed by atoms with Gasteiger partial charge in [0.05, 0.1) is 6.10 Å². The topological polar surface area (TPSA) is 32.8 Å². The van der Waals surface area contributed by atoms with Gasteiger partial charge in [-0.1, -0.05) is 60.7 Å². The van der Waals surface area contributed by atoms with Gasteiger partial charge < -0.3 is 9.64 Å². The predicted octanol–water partition coefficient (Wildman–Crippen LogP) is 5.73. The van der Waals surface area contributed by atoms with Crippen molar-refractivity contribution < 1.29 is 9.53 Å². The van der Waals surface area contributed by atoms with Gasteiger partial charge in [0, 0.05) is 31.2 Å². The molecule has 4 heteroatoms. The molecule has 5 rings (SSSR count). The first kappa shape index (κ1) is 23.3. The summed E-state index contributed by atoms with van der Waals surface area (Å²) in [6, 6.07) is 21.5. The molecule has 0 saturated carbocycles. The van der Waals surface area contributed by atoms with Crippen molar-refractivity contribution in [2.75, 3.05) is 13.1 Å². The summed E-state index contributed by atoms with van der Waals surface area (Å²) in [5.74, 6) is 0.238. The number of hydrogen-bond acceptors (Lipinski definition) is 3. The van der Waals surface area contributed by atoms with E-state index in [0.717, 1.165) is 70.2 Å². The first-order chi connectivity index (χ1) is 16.7. The second kappa shape index (κ2) is 10.9. The largest absolute Gasteiger partial charge is 0.351 e. The van der Waals surface area contributed by atoms with Gasteiger partial charge in [-0.2, -0.15) is 0 Å². The van der Waals surface area contributed by atoms with Gasteiger partial charge in [-0.15, -0.1) is 0 Å². The molecule has 180 valence electrons. The van der Waals surface area contributed by atoms with Crippen LogP contribution in [-0.4, -0.2) is 47.2 Å². The molecule has 0 radical (unpaired) electrons. The number of aryl methyl sites for hydroxylation is 1. The molecule has 0 aromatic heterocycles. The normalized spacial score (nSPS) is 22.8. The number of ether oxygens (including phenoxy) is 1. The highest BCUT2D eigenvalue weighted by molar-refractivity contribution is 5.97. The van der Waals surface area contributed by atoms with Crippen molar-refractivity contribution >= 4 is 5.91 Å². The molecule has 4 nitrogen and oxygen atoms in total. The molecule has 2 aromatic rings. The van der Waals surface area contributed by atoms with Crippen LogP contribution in [0.3, 0.4) is 0 Å². The zero-order valence-electron chi connectivity index (χ0n) is 20.5. The summed E-state index contributed by atoms with van der Waals surface area (Å²) in [5, 5.41) is 0. The van der Waals surface area contributed by atoms with Crippen LogP contribution < -0.4 is 0 Å². The Labute approximate surface area is 204 Å². The van der Waals surface area contributed by atoms with Crippen LogP contribution >= 0.6 is 0 Å². The Morgan fingerprint density at radius 1 is 0.912 bits per heavy atom. The second-order valence-corrected chi connectivity index (χ2v) is 10.2. The number of amides is 1. The summed E-state index contributed by atoms with van der Waals surface area (Å²) in [5.41, 5.74) is 5.06. The quantitative estimate of drug-likeness (QED) is 0.507. The number of nitrogens with zero attached hydrogens (tertiary/aromatic N) is 2. The fourth-order valence-electron chi connectivity index (χ4n) is 5.84. The lowest BCUT2D eigenvalue weighted by Gasteiger charge is -2.38. The molecule has 1 saturated heterocycles. The average molecular weight is 459 g/mol. The lowest BCUT2D eigenvalue weighted by atomic mass is 9.93. The fourth-order valence-corrected chi connectivity index (χ4v) is 5.84. The summed E-state index contributed by atoms with van der Waals surface area (Å²) >= 11 is 0. The molecule has 1 aliphatic carbocycles. The van der Waals surface area contributed by atoms with E-state index in [9.17, 15) is 4.79 Å². The van der Waals surface area contributed by atoms with Crippen molar-refractivity contribution in [3.63, 3.8) is 0 Å². The van der Waals surface area contributed by atoms with Crippen molar-refractivity contribution in [3.05, 3.63) is 82.9 Å². The highest BCUT2D eigenvalue weighted by atomic mass is 16.5. The van der Waals surface area contributed by atoms with Gasteiger partial charge in [0.15, 0.2) is 6.23 Å². The van der Waals surface area contributed by atoms with Gasteiger partial charge >= 0.3 is 0 Å². The smallest absolute Gasteiger partial charge is 0.252 e. The minimum absolute atomic E-state index is 0.153. The number of piperidine rings is 1. The molecule has 0 spiro atoms. The SMILES string of the molecule is C[C@@H](CCc1ccccc1)N1C(=O)C2=C(CCCC2)[C@@H]1OC1CCN(Cc2ccccc2)CC1. The Morgan fingerprint density at radius 3 is 2.26 bits per heavy atom. The van der Waals surface area contributed by atoms with Gasteiger partial charge in [-0.25, -0.2) is 0 Å². The Kier molecular flexibility index (Phi) is 7.46. The van der Waals surface area contributed by atoms with Crippen LogP contribution in [0.25, 0.3) is 0 Å². The molecule has 3 aliphatic rings. The predicted molar refractivity (Wildman–Crippen MR) is 136 cm³/mol. The molecule has 34 heavy (non-hydrogen) atoms. The maximum absolute atomic E-state index is 13.5. The molecule has 0 N–H and O–H groups in total. The highest BCUT2D eigenvalue weighted by Gasteiger charge is 2.43. The van der Waals surface area contributed by atoms with Crippen LogP contribution in [0, 0.1) is 0 Å². The summed E-state index contributed by atoms with van der Waals surface area (Å²) in [7, 11) is 0. The van der Waals surface area contributed by atoms with Crippen molar-refractivity contribution in [2.24, 2.45) is 0 Å². The minimum atomic E-state index is -0.153. The number of carbonyl (C=O) groups is 1. The number of likely N-dealkylation sites (tertiary alicyclic amines) is 1. The molecule has 1 amide bonds. The Hall–Kier alpha value is -2.43. The van der Waals surface area contributed by atoms with Gasteiger partial charge in [0.1, 0.15) is 0 Å². The van der Waals surface area contributed by atoms with Crippen LogP contribution in [0.5, 0.6) is 0 Å². The highest BCUT2D eigenvalue weighted by Crippen LogP contribution is 2.39. The van der Waals surface area contributed by atoms with Gasteiger partial charge in [-0.05, 0) is 75.0 Å². The fraction of sp³-hybridized carbons (Fsp3) is 0.500. The van der Waals surface area contributed by atoms with E-state index < -0.39 is 0 Å². The maximum atomic E-state index is 13.5. The van der Waals surface area contributed by atoms with Crippen molar-refractivity contribution in [1.82, 2.24) is 9.80 Å². The Bertz CT molecular complexity index is 979. The standard InChI is InChI=1S/C30H38N2O2/c1-23(16-17-24-10-4-2-5-11-24)32-29(33)27-14-8-9-15-28(27)30(32)34-26-18-20-31(21-19-26)22-25-12-6-3-7-13-25/h2-7,10-13,23,26,30H,8-9,14-22H2,1H3/t23-,30-/m0/s1. The Morgan fingerprint density at radius 2 is 1.56 bits per heavy atom. The van der Waals surface area contributed by atoms with E-state index in [0.29, 0.717) is 0 Å².